The monoisotopic (exact) mass is 366 g/mol. The molecule has 24 heavy (non-hydrogen) atoms. The Morgan fingerprint density at radius 3 is 2.88 bits per heavy atom. The van der Waals surface area contributed by atoms with Gasteiger partial charge in [-0.3, -0.25) is 9.67 Å². The molecule has 6 heteroatoms. The van der Waals surface area contributed by atoms with Crippen molar-refractivity contribution >= 4 is 39.9 Å². The Balaban J connectivity index is 1.78. The van der Waals surface area contributed by atoms with Crippen LogP contribution in [0.5, 0.6) is 0 Å². The lowest BCUT2D eigenvalue weighted by atomic mass is 10.1. The Bertz CT molecular complexity index is 717. The van der Waals surface area contributed by atoms with Crippen LogP contribution in [0, 0.1) is 5.92 Å². The average Bonchev–Trinajstić information content (AvgIpc) is 3.21. The van der Waals surface area contributed by atoms with Crippen molar-refractivity contribution in [1.29, 1.82) is 0 Å². The van der Waals surface area contributed by atoms with Crippen LogP contribution in [-0.2, 0) is 13.0 Å². The maximum absolute atomic E-state index is 6.46. The summed E-state index contributed by atoms with van der Waals surface area (Å²) in [6.45, 7) is 1.66. The summed E-state index contributed by atoms with van der Waals surface area (Å²) in [6.07, 6.45) is 7.04. The van der Waals surface area contributed by atoms with E-state index in [9.17, 15) is 0 Å². The van der Waals surface area contributed by atoms with E-state index in [0.717, 1.165) is 46.9 Å². The second-order valence-electron chi connectivity index (χ2n) is 6.52. The number of amidine groups is 1. The van der Waals surface area contributed by atoms with Gasteiger partial charge in [0.1, 0.15) is 5.84 Å². The Kier molecular flexibility index (Phi) is 6.01. The van der Waals surface area contributed by atoms with Gasteiger partial charge in [-0.05, 0) is 43.7 Å². The number of aryl methyl sites for hydroxylation is 1. The first-order valence-electron chi connectivity index (χ1n) is 8.67. The summed E-state index contributed by atoms with van der Waals surface area (Å²) in [4.78, 5) is 4.25. The molecule has 3 rings (SSSR count). The van der Waals surface area contributed by atoms with Crippen molar-refractivity contribution < 1.29 is 0 Å². The van der Waals surface area contributed by atoms with Crippen LogP contribution in [0.1, 0.15) is 37.8 Å². The molecule has 1 aromatic heterocycles. The number of rotatable bonds is 7. The highest BCUT2D eigenvalue weighted by molar-refractivity contribution is 6.35. The van der Waals surface area contributed by atoms with E-state index in [-0.39, 0.29) is 5.88 Å². The molecule has 1 heterocycles. The molecule has 2 aromatic rings. The van der Waals surface area contributed by atoms with Gasteiger partial charge in [0.25, 0.3) is 0 Å². The Hall–Kier alpha value is -1.26. The van der Waals surface area contributed by atoms with Crippen molar-refractivity contribution in [2.75, 3.05) is 12.4 Å². The number of alkyl halides is 1. The molecule has 0 atom stereocenters. The lowest BCUT2D eigenvalue weighted by Crippen LogP contribution is -2.13. The highest BCUT2D eigenvalue weighted by Crippen LogP contribution is 2.31. The lowest BCUT2D eigenvalue weighted by Gasteiger charge is -2.09. The minimum absolute atomic E-state index is 0.283. The third kappa shape index (κ3) is 4.04. The number of benzene rings is 1. The topological polar surface area (TPSA) is 56.2 Å². The minimum atomic E-state index is 0.283. The smallest absolute Gasteiger partial charge is 0.109 e. The molecule has 0 saturated heterocycles. The number of hydrogen-bond acceptors (Lipinski definition) is 2. The van der Waals surface area contributed by atoms with Gasteiger partial charge in [0.15, 0.2) is 0 Å². The van der Waals surface area contributed by atoms with Crippen molar-refractivity contribution in [3.63, 3.8) is 0 Å². The first kappa shape index (κ1) is 17.6. The van der Waals surface area contributed by atoms with Gasteiger partial charge in [0.05, 0.1) is 22.1 Å². The number of aliphatic imine (C=N–C) groups is 1. The molecule has 1 saturated carbocycles. The highest BCUT2D eigenvalue weighted by Gasteiger charge is 2.19. The van der Waals surface area contributed by atoms with Crippen LogP contribution in [0.15, 0.2) is 23.2 Å². The lowest BCUT2D eigenvalue weighted by molar-refractivity contribution is 0.435. The molecule has 4 nitrogen and oxygen atoms in total. The fourth-order valence-corrected chi connectivity index (χ4v) is 3.89. The minimum Gasteiger partial charge on any atom is -0.386 e. The van der Waals surface area contributed by atoms with Crippen molar-refractivity contribution in [2.45, 2.75) is 45.1 Å². The molecule has 1 fully saturated rings. The van der Waals surface area contributed by atoms with Crippen LogP contribution in [0.4, 0.5) is 0 Å². The molecule has 0 bridgehead atoms. The third-order valence-corrected chi connectivity index (χ3v) is 5.32. The van der Waals surface area contributed by atoms with Gasteiger partial charge < -0.3 is 5.73 Å². The largest absolute Gasteiger partial charge is 0.386 e. The maximum atomic E-state index is 6.46. The number of hydrogen-bond donors (Lipinski definition) is 1. The van der Waals surface area contributed by atoms with Crippen LogP contribution < -0.4 is 5.73 Å². The van der Waals surface area contributed by atoms with Crippen LogP contribution >= 0.6 is 23.2 Å². The van der Waals surface area contributed by atoms with E-state index in [0.29, 0.717) is 12.4 Å². The zero-order valence-corrected chi connectivity index (χ0v) is 15.4. The third-order valence-electron chi connectivity index (χ3n) is 4.73. The average molecular weight is 367 g/mol. The van der Waals surface area contributed by atoms with Crippen molar-refractivity contribution in [1.82, 2.24) is 9.78 Å². The molecule has 1 aliphatic rings. The van der Waals surface area contributed by atoms with Gasteiger partial charge in [-0.15, -0.1) is 11.6 Å². The molecule has 0 spiro atoms. The Labute approximate surface area is 153 Å². The first-order valence-corrected chi connectivity index (χ1v) is 9.59. The van der Waals surface area contributed by atoms with Crippen molar-refractivity contribution in [3.8, 4) is 0 Å². The van der Waals surface area contributed by atoms with Gasteiger partial charge in [0.2, 0.25) is 0 Å². The summed E-state index contributed by atoms with van der Waals surface area (Å²) in [7, 11) is 0. The molecular formula is C18H24Cl2N4. The fourth-order valence-electron chi connectivity index (χ4n) is 3.53. The van der Waals surface area contributed by atoms with Crippen LogP contribution in [0.25, 0.3) is 10.9 Å². The number of fused-ring (bicyclic) bond motifs is 1. The van der Waals surface area contributed by atoms with Crippen LogP contribution in [0.3, 0.4) is 0 Å². The number of halogens is 2. The summed E-state index contributed by atoms with van der Waals surface area (Å²) in [5.74, 6) is 1.52. The van der Waals surface area contributed by atoms with Gasteiger partial charge in [-0.25, -0.2) is 0 Å². The van der Waals surface area contributed by atoms with Crippen LogP contribution in [-0.4, -0.2) is 28.0 Å². The summed E-state index contributed by atoms with van der Waals surface area (Å²) in [5.41, 5.74) is 7.85. The molecule has 1 aliphatic carbocycles. The summed E-state index contributed by atoms with van der Waals surface area (Å²) in [5, 5.41) is 6.75. The van der Waals surface area contributed by atoms with Crippen molar-refractivity contribution in [2.24, 2.45) is 16.6 Å². The Morgan fingerprint density at radius 2 is 2.12 bits per heavy atom. The SMILES string of the molecule is NC(CCl)=NCCCc1nn(CC2CCCC2)c2cccc(Cl)c12. The molecule has 0 unspecified atom stereocenters. The predicted octanol–water partition coefficient (Wildman–Crippen LogP) is 4.41. The summed E-state index contributed by atoms with van der Waals surface area (Å²) < 4.78 is 2.16. The summed E-state index contributed by atoms with van der Waals surface area (Å²) in [6, 6.07) is 6.07. The number of nitrogens with two attached hydrogens (primary N) is 1. The van der Waals surface area contributed by atoms with E-state index in [1.54, 1.807) is 0 Å². The standard InChI is InChI=1S/C18H24Cl2N4/c19-11-17(21)22-10-4-8-15-18-14(20)7-3-9-16(18)24(23-15)12-13-5-1-2-6-13/h3,7,9,13H,1-2,4-6,8,10-12H2,(H2,21,22). The van der Waals surface area contributed by atoms with E-state index in [1.165, 1.54) is 25.7 Å². The maximum Gasteiger partial charge on any atom is 0.109 e. The van der Waals surface area contributed by atoms with E-state index in [4.69, 9.17) is 34.0 Å². The van der Waals surface area contributed by atoms with Gasteiger partial charge in [-0.2, -0.15) is 5.10 Å². The molecule has 0 radical (unpaired) electrons. The van der Waals surface area contributed by atoms with Crippen LogP contribution in [0.2, 0.25) is 5.02 Å². The van der Waals surface area contributed by atoms with Crippen molar-refractivity contribution in [3.05, 3.63) is 28.9 Å². The van der Waals surface area contributed by atoms with E-state index < -0.39 is 0 Å². The van der Waals surface area contributed by atoms with E-state index in [2.05, 4.69) is 15.7 Å². The fraction of sp³-hybridized carbons (Fsp3) is 0.556. The molecule has 0 aliphatic heterocycles. The summed E-state index contributed by atoms with van der Waals surface area (Å²) >= 11 is 12.1. The van der Waals surface area contributed by atoms with E-state index in [1.807, 2.05) is 12.1 Å². The second kappa shape index (κ2) is 8.21. The quantitative estimate of drug-likeness (QED) is 0.341. The first-order chi connectivity index (χ1) is 11.7. The van der Waals surface area contributed by atoms with Gasteiger partial charge in [0, 0.05) is 18.5 Å². The molecule has 130 valence electrons. The molecular weight excluding hydrogens is 343 g/mol. The Morgan fingerprint density at radius 1 is 1.33 bits per heavy atom. The molecule has 1 aromatic carbocycles. The highest BCUT2D eigenvalue weighted by atomic mass is 35.5. The second-order valence-corrected chi connectivity index (χ2v) is 7.20. The normalized spacial score (nSPS) is 16.3. The van der Waals surface area contributed by atoms with E-state index >= 15 is 0 Å². The van der Waals surface area contributed by atoms with Gasteiger partial charge >= 0.3 is 0 Å². The zero-order valence-electron chi connectivity index (χ0n) is 13.8. The molecule has 2 N–H and O–H groups in total. The number of nitrogens with zero attached hydrogens (tertiary/aromatic N) is 3. The number of aromatic nitrogens is 2. The van der Waals surface area contributed by atoms with Gasteiger partial charge in [-0.1, -0.05) is 30.5 Å². The zero-order chi connectivity index (χ0) is 16.9. The predicted molar refractivity (Wildman–Crippen MR) is 102 cm³/mol. The molecule has 0 amide bonds.